The summed E-state index contributed by atoms with van der Waals surface area (Å²) < 4.78 is 13.2. The lowest BCUT2D eigenvalue weighted by Crippen LogP contribution is -2.26. The van der Waals surface area contributed by atoms with Gasteiger partial charge in [-0.05, 0) is 24.3 Å². The number of hydrogen-bond acceptors (Lipinski definition) is 5. The van der Waals surface area contributed by atoms with Crippen molar-refractivity contribution < 1.29 is 14.3 Å². The number of carbonyl (C=O) groups is 1. The number of nitrogens with zero attached hydrogens (tertiary/aromatic N) is 2. The van der Waals surface area contributed by atoms with E-state index in [1.807, 2.05) is 0 Å². The van der Waals surface area contributed by atoms with Crippen LogP contribution in [-0.4, -0.2) is 43.2 Å². The first kappa shape index (κ1) is 18.0. The zero-order chi connectivity index (χ0) is 17.2. The number of hydrogen-bond donors (Lipinski definition) is 3. The molecule has 0 bridgehead atoms. The van der Waals surface area contributed by atoms with Crippen LogP contribution in [0.3, 0.4) is 0 Å². The minimum absolute atomic E-state index is 0.0206. The van der Waals surface area contributed by atoms with Crippen molar-refractivity contribution in [2.24, 2.45) is 9.98 Å². The fraction of sp³-hybridized carbons (Fsp3) is 0.125. The van der Waals surface area contributed by atoms with Crippen molar-refractivity contribution in [2.75, 3.05) is 13.6 Å². The number of amides is 1. The average Bonchev–Trinajstić information content (AvgIpc) is 2.55. The third kappa shape index (κ3) is 5.31. The molecule has 0 heterocycles. The molecule has 0 atom stereocenters. The molecule has 0 aromatic heterocycles. The molecule has 0 fully saturated rings. The summed E-state index contributed by atoms with van der Waals surface area (Å²) in [6, 6.07) is 3.33. The van der Waals surface area contributed by atoms with Gasteiger partial charge in [0.05, 0.1) is 5.70 Å². The number of aromatic hydroxyl groups is 1. The Labute approximate surface area is 133 Å². The quantitative estimate of drug-likeness (QED) is 0.530. The Kier molecular flexibility index (Phi) is 7.06. The lowest BCUT2D eigenvalue weighted by Gasteiger charge is -2.08. The maximum atomic E-state index is 13.2. The fourth-order valence-corrected chi connectivity index (χ4v) is 1.59. The summed E-state index contributed by atoms with van der Waals surface area (Å²) in [5.74, 6) is -1.94. The highest BCUT2D eigenvalue weighted by Gasteiger charge is 2.10. The molecule has 3 N–H and O–H groups in total. The fourth-order valence-electron chi connectivity index (χ4n) is 1.59. The lowest BCUT2D eigenvalue weighted by atomic mass is 10.1. The first-order chi connectivity index (χ1) is 11.0. The average molecular weight is 316 g/mol. The van der Waals surface area contributed by atoms with E-state index in [1.54, 1.807) is 7.05 Å². The van der Waals surface area contributed by atoms with Crippen LogP contribution in [0.5, 0.6) is 5.75 Å². The second-order valence-electron chi connectivity index (χ2n) is 4.29. The van der Waals surface area contributed by atoms with E-state index in [2.05, 4.69) is 21.9 Å². The van der Waals surface area contributed by atoms with Gasteiger partial charge in [-0.2, -0.15) is 0 Å². The first-order valence-electron chi connectivity index (χ1n) is 6.61. The number of allylic oxidation sites excluding steroid dienone is 1. The van der Waals surface area contributed by atoms with Crippen LogP contribution in [-0.2, 0) is 0 Å². The second kappa shape index (κ2) is 9.04. The van der Waals surface area contributed by atoms with Gasteiger partial charge in [0.2, 0.25) is 0 Å². The summed E-state index contributed by atoms with van der Waals surface area (Å²) >= 11 is 0. The van der Waals surface area contributed by atoms with E-state index in [0.717, 1.165) is 18.3 Å². The number of phenols is 1. The molecule has 0 spiro atoms. The molecule has 23 heavy (non-hydrogen) atoms. The number of benzene rings is 1. The molecular formula is C16H17FN4O2. The van der Waals surface area contributed by atoms with Gasteiger partial charge in [-0.15, -0.1) is 0 Å². The number of carbonyl (C=O) groups excluding carboxylic acids is 1. The van der Waals surface area contributed by atoms with Crippen LogP contribution in [0.4, 0.5) is 4.39 Å². The predicted molar refractivity (Wildman–Crippen MR) is 89.3 cm³/mol. The predicted octanol–water partition coefficient (Wildman–Crippen LogP) is 2.12. The smallest absolute Gasteiger partial charge is 0.251 e. The molecule has 0 saturated heterocycles. The van der Waals surface area contributed by atoms with Crippen LogP contribution < -0.4 is 5.32 Å². The Hall–Kier alpha value is -3.09. The molecule has 1 aromatic carbocycles. The van der Waals surface area contributed by atoms with Gasteiger partial charge in [-0.3, -0.25) is 14.8 Å². The van der Waals surface area contributed by atoms with Crippen molar-refractivity contribution in [2.45, 2.75) is 0 Å². The van der Waals surface area contributed by atoms with Gasteiger partial charge in [0.25, 0.3) is 5.91 Å². The summed E-state index contributed by atoms with van der Waals surface area (Å²) in [6.07, 6.45) is 5.42. The number of nitrogens with one attached hydrogen (secondary N) is 2. The summed E-state index contributed by atoms with van der Waals surface area (Å²) in [4.78, 5) is 19.8. The van der Waals surface area contributed by atoms with Crippen LogP contribution in [0.25, 0.3) is 0 Å². The van der Waals surface area contributed by atoms with Gasteiger partial charge in [0.1, 0.15) is 0 Å². The zero-order valence-electron chi connectivity index (χ0n) is 12.6. The largest absolute Gasteiger partial charge is 0.505 e. The molecule has 0 saturated carbocycles. The monoisotopic (exact) mass is 316 g/mol. The summed E-state index contributed by atoms with van der Waals surface area (Å²) in [6.45, 7) is 3.63. The molecule has 6 nitrogen and oxygen atoms in total. The van der Waals surface area contributed by atoms with Gasteiger partial charge >= 0.3 is 0 Å². The Balaban J connectivity index is 2.87. The highest BCUT2D eigenvalue weighted by molar-refractivity contribution is 6.16. The molecule has 0 aliphatic heterocycles. The first-order valence-corrected chi connectivity index (χ1v) is 6.61. The van der Waals surface area contributed by atoms with Crippen molar-refractivity contribution in [1.82, 2.24) is 5.32 Å². The maximum Gasteiger partial charge on any atom is 0.251 e. The van der Waals surface area contributed by atoms with Gasteiger partial charge in [-0.25, -0.2) is 4.39 Å². The summed E-state index contributed by atoms with van der Waals surface area (Å²) in [5.41, 5.74) is 0.900. The topological polar surface area (TPSA) is 97.9 Å². The van der Waals surface area contributed by atoms with Crippen molar-refractivity contribution in [3.63, 3.8) is 0 Å². The van der Waals surface area contributed by atoms with Crippen LogP contribution in [0.2, 0.25) is 0 Å². The van der Waals surface area contributed by atoms with Gasteiger partial charge in [0, 0.05) is 43.4 Å². The molecule has 0 unspecified atom stereocenters. The third-order valence-electron chi connectivity index (χ3n) is 2.78. The van der Waals surface area contributed by atoms with Crippen molar-refractivity contribution in [3.05, 3.63) is 53.5 Å². The molecule has 1 rings (SSSR count). The van der Waals surface area contributed by atoms with Crippen molar-refractivity contribution in [3.8, 4) is 5.75 Å². The van der Waals surface area contributed by atoms with E-state index in [-0.39, 0.29) is 12.1 Å². The van der Waals surface area contributed by atoms with Crippen LogP contribution in [0.1, 0.15) is 10.4 Å². The molecule has 1 amide bonds. The highest BCUT2D eigenvalue weighted by atomic mass is 19.1. The number of phenolic OH excluding ortho intramolecular Hbond substituents is 1. The molecule has 120 valence electrons. The highest BCUT2D eigenvalue weighted by Crippen LogP contribution is 2.16. The maximum absolute atomic E-state index is 13.2. The van der Waals surface area contributed by atoms with E-state index in [1.165, 1.54) is 24.6 Å². The normalized spacial score (nSPS) is 12.3. The SMILES string of the molecule is C=CC(/N=C\C=N/C)=C(\C=N)CNC(=O)c1ccc(O)c(F)c1. The van der Waals surface area contributed by atoms with E-state index in [9.17, 15) is 9.18 Å². The minimum Gasteiger partial charge on any atom is -0.505 e. The van der Waals surface area contributed by atoms with E-state index < -0.39 is 17.5 Å². The van der Waals surface area contributed by atoms with Crippen molar-refractivity contribution in [1.29, 1.82) is 5.41 Å². The molecular weight excluding hydrogens is 299 g/mol. The van der Waals surface area contributed by atoms with Crippen LogP contribution in [0.15, 0.2) is 52.1 Å². The second-order valence-corrected chi connectivity index (χ2v) is 4.29. The van der Waals surface area contributed by atoms with Gasteiger partial charge < -0.3 is 15.8 Å². The zero-order valence-corrected chi connectivity index (χ0v) is 12.6. The van der Waals surface area contributed by atoms with Crippen LogP contribution >= 0.6 is 0 Å². The van der Waals surface area contributed by atoms with E-state index in [4.69, 9.17) is 10.5 Å². The summed E-state index contributed by atoms with van der Waals surface area (Å²) in [7, 11) is 1.60. The number of rotatable bonds is 7. The Morgan fingerprint density at radius 1 is 1.48 bits per heavy atom. The summed E-state index contributed by atoms with van der Waals surface area (Å²) in [5, 5.41) is 19.1. The van der Waals surface area contributed by atoms with Gasteiger partial charge in [0.15, 0.2) is 11.6 Å². The molecule has 7 heteroatoms. The van der Waals surface area contributed by atoms with Gasteiger partial charge in [-0.1, -0.05) is 6.58 Å². The minimum atomic E-state index is -0.879. The van der Waals surface area contributed by atoms with Crippen LogP contribution in [0, 0.1) is 11.2 Å². The molecule has 0 radical (unpaired) electrons. The molecule has 1 aromatic rings. The van der Waals surface area contributed by atoms with E-state index in [0.29, 0.717) is 11.3 Å². The Morgan fingerprint density at radius 3 is 2.78 bits per heavy atom. The molecule has 0 aliphatic rings. The Morgan fingerprint density at radius 2 is 2.22 bits per heavy atom. The number of halogens is 1. The van der Waals surface area contributed by atoms with Crippen molar-refractivity contribution >= 4 is 24.6 Å². The standard InChI is InChI=1S/C16H17FN4O2/c1-3-14(20-7-6-19-2)12(9-18)10-21-16(23)11-4-5-15(22)13(17)8-11/h3-9,18,22H,1,10H2,2H3,(H,21,23)/b14-12-,18-9?,19-6-,20-7-. The Bertz CT molecular complexity index is 693. The lowest BCUT2D eigenvalue weighted by molar-refractivity contribution is 0.0957. The number of aliphatic imine (C=N–C) groups is 2. The molecule has 0 aliphatic carbocycles. The van der Waals surface area contributed by atoms with E-state index >= 15 is 0 Å². The third-order valence-corrected chi connectivity index (χ3v) is 2.78.